The Morgan fingerprint density at radius 3 is 2.94 bits per heavy atom. The standard InChI is InChI=1S/C11H9N3OS/c1-7-6-10(15)14(12-7)11-8-4-2-3-5-9(8)16-13-11/h2-5H,6H2,1H3. The van der Waals surface area contributed by atoms with E-state index in [1.165, 1.54) is 16.5 Å². The number of aromatic nitrogens is 1. The first-order chi connectivity index (χ1) is 7.75. The highest BCUT2D eigenvalue weighted by Gasteiger charge is 2.26. The highest BCUT2D eigenvalue weighted by atomic mass is 32.1. The molecular weight excluding hydrogens is 222 g/mol. The molecule has 0 saturated heterocycles. The van der Waals surface area contributed by atoms with Crippen LogP contribution in [0.2, 0.25) is 0 Å². The van der Waals surface area contributed by atoms with Gasteiger partial charge in [-0.05, 0) is 30.6 Å². The van der Waals surface area contributed by atoms with Gasteiger partial charge in [0.05, 0.1) is 11.1 Å². The summed E-state index contributed by atoms with van der Waals surface area (Å²) in [5, 5.41) is 6.60. The number of carbonyl (C=O) groups excluding carboxylic acids is 1. The van der Waals surface area contributed by atoms with Gasteiger partial charge in [0.15, 0.2) is 5.82 Å². The van der Waals surface area contributed by atoms with E-state index in [9.17, 15) is 4.79 Å². The van der Waals surface area contributed by atoms with E-state index in [0.717, 1.165) is 15.8 Å². The van der Waals surface area contributed by atoms with Gasteiger partial charge in [-0.25, -0.2) is 0 Å². The molecule has 16 heavy (non-hydrogen) atoms. The minimum Gasteiger partial charge on any atom is -0.272 e. The van der Waals surface area contributed by atoms with Gasteiger partial charge in [-0.1, -0.05) is 12.1 Å². The van der Waals surface area contributed by atoms with Crippen molar-refractivity contribution in [2.45, 2.75) is 13.3 Å². The monoisotopic (exact) mass is 231 g/mol. The number of rotatable bonds is 1. The molecule has 0 radical (unpaired) electrons. The van der Waals surface area contributed by atoms with E-state index in [1.54, 1.807) is 0 Å². The predicted molar refractivity (Wildman–Crippen MR) is 64.8 cm³/mol. The normalized spacial score (nSPS) is 15.9. The van der Waals surface area contributed by atoms with Gasteiger partial charge in [0, 0.05) is 11.1 Å². The molecular formula is C11H9N3OS. The molecule has 2 heterocycles. The molecule has 0 bridgehead atoms. The number of hydrogen-bond acceptors (Lipinski definition) is 4. The minimum atomic E-state index is -0.00597. The summed E-state index contributed by atoms with van der Waals surface area (Å²) in [6.07, 6.45) is 0.395. The Labute approximate surface area is 96.4 Å². The van der Waals surface area contributed by atoms with Crippen molar-refractivity contribution in [3.63, 3.8) is 0 Å². The summed E-state index contributed by atoms with van der Waals surface area (Å²) >= 11 is 1.39. The fourth-order valence-corrected chi connectivity index (χ4v) is 2.50. The van der Waals surface area contributed by atoms with Gasteiger partial charge >= 0.3 is 0 Å². The third kappa shape index (κ3) is 1.32. The van der Waals surface area contributed by atoms with E-state index in [0.29, 0.717) is 12.2 Å². The number of nitrogens with zero attached hydrogens (tertiary/aromatic N) is 3. The second-order valence-electron chi connectivity index (χ2n) is 3.72. The van der Waals surface area contributed by atoms with Crippen LogP contribution in [-0.2, 0) is 4.79 Å². The van der Waals surface area contributed by atoms with Crippen LogP contribution in [0.5, 0.6) is 0 Å². The van der Waals surface area contributed by atoms with Crippen LogP contribution >= 0.6 is 11.5 Å². The summed E-state index contributed by atoms with van der Waals surface area (Å²) in [6.45, 7) is 1.85. The van der Waals surface area contributed by atoms with Crippen molar-refractivity contribution in [3.8, 4) is 0 Å². The number of benzene rings is 1. The first-order valence-electron chi connectivity index (χ1n) is 4.97. The van der Waals surface area contributed by atoms with Gasteiger partial charge in [-0.3, -0.25) is 4.79 Å². The van der Waals surface area contributed by atoms with E-state index in [4.69, 9.17) is 0 Å². The van der Waals surface area contributed by atoms with Crippen LogP contribution in [0.3, 0.4) is 0 Å². The highest BCUT2D eigenvalue weighted by Crippen LogP contribution is 2.31. The minimum absolute atomic E-state index is 0.00597. The van der Waals surface area contributed by atoms with Crippen LogP contribution in [-0.4, -0.2) is 16.0 Å². The van der Waals surface area contributed by atoms with Crippen LogP contribution in [0.1, 0.15) is 13.3 Å². The first-order valence-corrected chi connectivity index (χ1v) is 5.74. The maximum atomic E-state index is 11.7. The molecule has 3 rings (SSSR count). The lowest BCUT2D eigenvalue weighted by molar-refractivity contribution is -0.116. The smallest absolute Gasteiger partial charge is 0.254 e. The van der Waals surface area contributed by atoms with Crippen molar-refractivity contribution in [2.24, 2.45) is 5.10 Å². The highest BCUT2D eigenvalue weighted by molar-refractivity contribution is 7.13. The number of hydrogen-bond donors (Lipinski definition) is 0. The second-order valence-corrected chi connectivity index (χ2v) is 4.52. The van der Waals surface area contributed by atoms with Crippen molar-refractivity contribution in [3.05, 3.63) is 24.3 Å². The third-order valence-corrected chi connectivity index (χ3v) is 3.29. The van der Waals surface area contributed by atoms with Gasteiger partial charge in [-0.15, -0.1) is 0 Å². The zero-order chi connectivity index (χ0) is 11.1. The third-order valence-electron chi connectivity index (χ3n) is 2.47. The molecule has 1 aromatic carbocycles. The zero-order valence-electron chi connectivity index (χ0n) is 8.67. The summed E-state index contributed by atoms with van der Waals surface area (Å²) in [4.78, 5) is 11.7. The number of anilines is 1. The van der Waals surface area contributed by atoms with Crippen LogP contribution in [0.4, 0.5) is 5.82 Å². The van der Waals surface area contributed by atoms with Gasteiger partial charge in [-0.2, -0.15) is 14.5 Å². The van der Waals surface area contributed by atoms with Crippen molar-refractivity contribution in [2.75, 3.05) is 5.01 Å². The molecule has 0 unspecified atom stereocenters. The summed E-state index contributed by atoms with van der Waals surface area (Å²) in [5.41, 5.74) is 0.835. The molecule has 4 nitrogen and oxygen atoms in total. The van der Waals surface area contributed by atoms with E-state index in [2.05, 4.69) is 9.47 Å². The number of amides is 1. The molecule has 80 valence electrons. The quantitative estimate of drug-likeness (QED) is 0.756. The van der Waals surface area contributed by atoms with E-state index >= 15 is 0 Å². The van der Waals surface area contributed by atoms with Gasteiger partial charge < -0.3 is 0 Å². The molecule has 0 atom stereocenters. The largest absolute Gasteiger partial charge is 0.272 e. The van der Waals surface area contributed by atoms with Gasteiger partial charge in [0.25, 0.3) is 5.91 Å². The van der Waals surface area contributed by atoms with Crippen molar-refractivity contribution in [1.29, 1.82) is 0 Å². The molecule has 0 saturated carbocycles. The number of carbonyl (C=O) groups is 1. The van der Waals surface area contributed by atoms with Crippen molar-refractivity contribution in [1.82, 2.24) is 4.37 Å². The molecule has 5 heteroatoms. The van der Waals surface area contributed by atoms with Crippen molar-refractivity contribution >= 4 is 39.1 Å². The second kappa shape index (κ2) is 3.38. The Morgan fingerprint density at radius 1 is 1.38 bits per heavy atom. The average Bonchev–Trinajstić information content (AvgIpc) is 2.81. The maximum absolute atomic E-state index is 11.7. The maximum Gasteiger partial charge on any atom is 0.254 e. The Morgan fingerprint density at radius 2 is 2.19 bits per heavy atom. The Bertz CT molecular complexity index is 602. The summed E-state index contributed by atoms with van der Waals surface area (Å²) in [7, 11) is 0. The Balaban J connectivity index is 2.16. The Kier molecular flexibility index (Phi) is 2.00. The Hall–Kier alpha value is -1.75. The average molecular weight is 231 g/mol. The lowest BCUT2D eigenvalue weighted by atomic mass is 10.2. The molecule has 0 spiro atoms. The lowest BCUT2D eigenvalue weighted by Crippen LogP contribution is -2.19. The fraction of sp³-hybridized carbons (Fsp3) is 0.182. The summed E-state index contributed by atoms with van der Waals surface area (Å²) in [6, 6.07) is 7.86. The molecule has 1 aromatic heterocycles. The number of hydrazone groups is 1. The molecule has 1 aliphatic heterocycles. The topological polar surface area (TPSA) is 45.6 Å². The van der Waals surface area contributed by atoms with E-state index < -0.39 is 0 Å². The molecule has 0 fully saturated rings. The molecule has 1 aliphatic rings. The SMILES string of the molecule is CC1=NN(c2nsc3ccccc23)C(=O)C1. The van der Waals surface area contributed by atoms with Crippen LogP contribution in [0, 0.1) is 0 Å². The van der Waals surface area contributed by atoms with Gasteiger partial charge in [0.2, 0.25) is 0 Å². The summed E-state index contributed by atoms with van der Waals surface area (Å²) in [5.74, 6) is 0.649. The lowest BCUT2D eigenvalue weighted by Gasteiger charge is -2.07. The van der Waals surface area contributed by atoms with Crippen molar-refractivity contribution < 1.29 is 4.79 Å². The zero-order valence-corrected chi connectivity index (χ0v) is 9.49. The number of fused-ring (bicyclic) bond motifs is 1. The van der Waals surface area contributed by atoms with E-state index in [1.807, 2.05) is 31.2 Å². The molecule has 1 amide bonds. The van der Waals surface area contributed by atoms with Gasteiger partial charge in [0.1, 0.15) is 0 Å². The first kappa shape index (κ1) is 9.47. The molecule has 0 N–H and O–H groups in total. The van der Waals surface area contributed by atoms with E-state index in [-0.39, 0.29) is 5.91 Å². The van der Waals surface area contributed by atoms with Crippen LogP contribution < -0.4 is 5.01 Å². The van der Waals surface area contributed by atoms with Crippen LogP contribution in [0.25, 0.3) is 10.1 Å². The molecule has 2 aromatic rings. The summed E-state index contributed by atoms with van der Waals surface area (Å²) < 4.78 is 5.38. The van der Waals surface area contributed by atoms with Crippen LogP contribution in [0.15, 0.2) is 29.4 Å². The fourth-order valence-electron chi connectivity index (χ4n) is 1.75. The predicted octanol–water partition coefficient (Wildman–Crippen LogP) is 2.41. The molecule has 0 aliphatic carbocycles.